The minimum absolute atomic E-state index is 0.282. The van der Waals surface area contributed by atoms with Gasteiger partial charge in [-0.1, -0.05) is 0 Å². The van der Waals surface area contributed by atoms with E-state index in [9.17, 15) is 17.2 Å². The third-order valence-electron chi connectivity index (χ3n) is 4.50. The van der Waals surface area contributed by atoms with Crippen LogP contribution >= 0.6 is 0 Å². The van der Waals surface area contributed by atoms with Crippen molar-refractivity contribution in [2.45, 2.75) is 36.2 Å². The van der Waals surface area contributed by atoms with E-state index >= 15 is 0 Å². The highest BCUT2D eigenvalue weighted by molar-refractivity contribution is 7.89. The number of nitrogens with zero attached hydrogens (tertiary/aromatic N) is 3. The third-order valence-corrected chi connectivity index (χ3v) is 6.48. The first-order valence-corrected chi connectivity index (χ1v) is 8.70. The molecule has 2 aliphatic rings. The van der Waals surface area contributed by atoms with Gasteiger partial charge in [0, 0.05) is 24.2 Å². The molecule has 2 aromatic rings. The highest BCUT2D eigenvalue weighted by atomic mass is 32.2. The summed E-state index contributed by atoms with van der Waals surface area (Å²) in [5.74, 6) is -1.72. The maximum Gasteiger partial charge on any atom is 0.246 e. The second-order valence-corrected chi connectivity index (χ2v) is 7.60. The van der Waals surface area contributed by atoms with Crippen LogP contribution in [-0.2, 0) is 16.4 Å². The molecular formula is C15H13F2N3O2S. The molecule has 0 spiro atoms. The van der Waals surface area contributed by atoms with E-state index in [0.29, 0.717) is 19.3 Å². The van der Waals surface area contributed by atoms with Crippen LogP contribution in [0.15, 0.2) is 35.6 Å². The molecule has 4 rings (SSSR count). The lowest BCUT2D eigenvalue weighted by atomic mass is 10.0. The lowest BCUT2D eigenvalue weighted by molar-refractivity contribution is 0.298. The van der Waals surface area contributed by atoms with Crippen molar-refractivity contribution >= 4 is 10.0 Å². The first kappa shape index (κ1) is 14.6. The van der Waals surface area contributed by atoms with Gasteiger partial charge in [-0.25, -0.2) is 27.2 Å². The number of hydrogen-bond donors (Lipinski definition) is 0. The van der Waals surface area contributed by atoms with Crippen molar-refractivity contribution in [3.63, 3.8) is 0 Å². The molecule has 120 valence electrons. The highest BCUT2D eigenvalue weighted by Gasteiger charge is 2.48. The summed E-state index contributed by atoms with van der Waals surface area (Å²) in [6, 6.07) is 1.78. The Bertz CT molecular complexity index is 888. The molecule has 2 aliphatic heterocycles. The molecule has 0 N–H and O–H groups in total. The van der Waals surface area contributed by atoms with E-state index in [-0.39, 0.29) is 6.04 Å². The highest BCUT2D eigenvalue weighted by Crippen LogP contribution is 2.46. The van der Waals surface area contributed by atoms with Crippen LogP contribution in [0.3, 0.4) is 0 Å². The van der Waals surface area contributed by atoms with E-state index in [4.69, 9.17) is 0 Å². The first-order valence-electron chi connectivity index (χ1n) is 7.26. The topological polar surface area (TPSA) is 63.2 Å². The Balaban J connectivity index is 1.84. The normalized spacial score (nSPS) is 23.7. The second kappa shape index (κ2) is 5.04. The quantitative estimate of drug-likeness (QED) is 0.843. The van der Waals surface area contributed by atoms with Crippen LogP contribution in [0.25, 0.3) is 0 Å². The van der Waals surface area contributed by atoms with Crippen molar-refractivity contribution in [2.24, 2.45) is 0 Å². The van der Waals surface area contributed by atoms with E-state index < -0.39 is 32.6 Å². The summed E-state index contributed by atoms with van der Waals surface area (Å²) in [6.45, 7) is 0. The molecule has 1 aromatic carbocycles. The maximum absolute atomic E-state index is 14.0. The smallest absolute Gasteiger partial charge is 0.244 e. The Hall–Kier alpha value is -1.93. The summed E-state index contributed by atoms with van der Waals surface area (Å²) in [7, 11) is -4.13. The minimum Gasteiger partial charge on any atom is -0.244 e. The Labute approximate surface area is 132 Å². The van der Waals surface area contributed by atoms with Gasteiger partial charge in [0.15, 0.2) is 0 Å². The first-order chi connectivity index (χ1) is 11.0. The van der Waals surface area contributed by atoms with E-state index in [0.717, 1.165) is 29.5 Å². The number of fused-ring (bicyclic) bond motifs is 4. The fraction of sp³-hybridized carbons (Fsp3) is 0.333. The van der Waals surface area contributed by atoms with E-state index in [1.165, 1.54) is 10.6 Å². The number of benzene rings is 1. The average Bonchev–Trinajstić information content (AvgIpc) is 2.86. The lowest BCUT2D eigenvalue weighted by Gasteiger charge is -2.34. The summed E-state index contributed by atoms with van der Waals surface area (Å²) < 4.78 is 54.5. The van der Waals surface area contributed by atoms with Gasteiger partial charge in [0.1, 0.15) is 22.9 Å². The molecular weight excluding hydrogens is 324 g/mol. The molecule has 1 aromatic heterocycles. The summed E-state index contributed by atoms with van der Waals surface area (Å²) in [5.41, 5.74) is 1.58. The van der Waals surface area contributed by atoms with Gasteiger partial charge in [0.2, 0.25) is 10.0 Å². The fourth-order valence-electron chi connectivity index (χ4n) is 3.53. The average molecular weight is 337 g/mol. The van der Waals surface area contributed by atoms with Gasteiger partial charge in [0.25, 0.3) is 0 Å². The van der Waals surface area contributed by atoms with Crippen molar-refractivity contribution in [3.8, 4) is 0 Å². The van der Waals surface area contributed by atoms with Gasteiger partial charge >= 0.3 is 0 Å². The zero-order valence-corrected chi connectivity index (χ0v) is 12.8. The molecule has 2 atom stereocenters. The molecule has 8 heteroatoms. The fourth-order valence-corrected chi connectivity index (χ4v) is 5.46. The third kappa shape index (κ3) is 2.16. The molecule has 3 heterocycles. The van der Waals surface area contributed by atoms with Crippen LogP contribution in [0, 0.1) is 11.6 Å². The standard InChI is InChI=1S/C15H13F2N3O2S/c16-9-1-3-12(17)15(5-9)23(21,22)20-10-2-4-14(20)11-7-18-8-19-13(11)6-10/h1,3,5,7-8,10,14H,2,4,6H2/t10-,14+/m0/s1. The zero-order chi connectivity index (χ0) is 16.2. The molecule has 2 bridgehead atoms. The zero-order valence-electron chi connectivity index (χ0n) is 12.0. The van der Waals surface area contributed by atoms with Crippen molar-refractivity contribution in [1.29, 1.82) is 0 Å². The van der Waals surface area contributed by atoms with Crippen molar-refractivity contribution in [2.75, 3.05) is 0 Å². The molecule has 5 nitrogen and oxygen atoms in total. The number of aromatic nitrogens is 2. The molecule has 0 radical (unpaired) electrons. The van der Waals surface area contributed by atoms with Crippen molar-refractivity contribution in [1.82, 2.24) is 14.3 Å². The predicted molar refractivity (Wildman–Crippen MR) is 76.9 cm³/mol. The van der Waals surface area contributed by atoms with Crippen LogP contribution in [0.5, 0.6) is 0 Å². The molecule has 0 aliphatic carbocycles. The number of sulfonamides is 1. The van der Waals surface area contributed by atoms with Gasteiger partial charge in [-0.05, 0) is 31.0 Å². The van der Waals surface area contributed by atoms with Crippen LogP contribution in [-0.4, -0.2) is 28.7 Å². The molecule has 23 heavy (non-hydrogen) atoms. The molecule has 1 saturated heterocycles. The van der Waals surface area contributed by atoms with E-state index in [1.807, 2.05) is 0 Å². The molecule has 0 unspecified atom stereocenters. The number of hydrogen-bond acceptors (Lipinski definition) is 4. The summed E-state index contributed by atoms with van der Waals surface area (Å²) in [5, 5.41) is 0. The SMILES string of the molecule is O=S(=O)(c1cc(F)ccc1F)N1[C@H]2CC[C@@H]1c1cncnc1C2. The monoisotopic (exact) mass is 337 g/mol. The predicted octanol–water partition coefficient (Wildman–Crippen LogP) is 2.21. The lowest BCUT2D eigenvalue weighted by Crippen LogP contribution is -2.42. The molecule has 0 saturated carbocycles. The van der Waals surface area contributed by atoms with Gasteiger partial charge in [-0.2, -0.15) is 4.31 Å². The molecule has 0 amide bonds. The van der Waals surface area contributed by atoms with Gasteiger partial charge in [-0.3, -0.25) is 0 Å². The number of halogens is 2. The maximum atomic E-state index is 14.0. The van der Waals surface area contributed by atoms with E-state index in [1.54, 1.807) is 6.20 Å². The Kier molecular flexibility index (Phi) is 3.21. The van der Waals surface area contributed by atoms with Gasteiger partial charge in [0.05, 0.1) is 11.7 Å². The van der Waals surface area contributed by atoms with Crippen LogP contribution in [0.2, 0.25) is 0 Å². The summed E-state index contributed by atoms with van der Waals surface area (Å²) >= 11 is 0. The van der Waals surface area contributed by atoms with Crippen molar-refractivity contribution in [3.05, 3.63) is 53.6 Å². The summed E-state index contributed by atoms with van der Waals surface area (Å²) in [6.07, 6.45) is 4.80. The Morgan fingerprint density at radius 2 is 2.04 bits per heavy atom. The second-order valence-electron chi connectivity index (χ2n) is 5.79. The van der Waals surface area contributed by atoms with Crippen LogP contribution < -0.4 is 0 Å². The minimum atomic E-state index is -4.13. The van der Waals surface area contributed by atoms with E-state index in [2.05, 4.69) is 9.97 Å². The number of rotatable bonds is 2. The van der Waals surface area contributed by atoms with Gasteiger partial charge in [-0.15, -0.1) is 0 Å². The largest absolute Gasteiger partial charge is 0.246 e. The van der Waals surface area contributed by atoms with Crippen LogP contribution in [0.4, 0.5) is 8.78 Å². The van der Waals surface area contributed by atoms with Crippen molar-refractivity contribution < 1.29 is 17.2 Å². The Morgan fingerprint density at radius 3 is 2.87 bits per heavy atom. The molecule has 1 fully saturated rings. The van der Waals surface area contributed by atoms with Crippen LogP contribution in [0.1, 0.15) is 30.1 Å². The summed E-state index contributed by atoms with van der Waals surface area (Å²) in [4.78, 5) is 7.57. The Morgan fingerprint density at radius 1 is 1.22 bits per heavy atom. The van der Waals surface area contributed by atoms with Gasteiger partial charge < -0.3 is 0 Å².